The van der Waals surface area contributed by atoms with Crippen LogP contribution in [0, 0.1) is 5.82 Å². The highest BCUT2D eigenvalue weighted by Crippen LogP contribution is 2.40. The number of aromatic carboxylic acids is 1. The van der Waals surface area contributed by atoms with Crippen molar-refractivity contribution in [1.29, 1.82) is 0 Å². The smallest absolute Gasteiger partial charge is 0.338 e. The summed E-state index contributed by atoms with van der Waals surface area (Å²) in [5.74, 6) is -1.39. The number of carboxylic acid groups (broad SMARTS) is 1. The van der Waals surface area contributed by atoms with Crippen LogP contribution in [0.4, 0.5) is 4.39 Å². The Balaban J connectivity index is 2.06. The number of nitrogens with zero attached hydrogens (tertiary/aromatic N) is 1. The zero-order valence-corrected chi connectivity index (χ0v) is 14.2. The Bertz CT molecular complexity index is 1090. The van der Waals surface area contributed by atoms with Crippen LogP contribution in [0.1, 0.15) is 10.4 Å². The average Bonchev–Trinajstić information content (AvgIpc) is 3.11. The first-order valence-corrected chi connectivity index (χ1v) is 8.36. The van der Waals surface area contributed by atoms with E-state index in [0.717, 1.165) is 11.1 Å². The molecule has 0 saturated heterocycles. The summed E-state index contributed by atoms with van der Waals surface area (Å²) in [5.41, 5.74) is 4.04. The minimum atomic E-state index is -1.04. The van der Waals surface area contributed by atoms with Crippen LogP contribution in [-0.2, 0) is 0 Å². The van der Waals surface area contributed by atoms with E-state index >= 15 is 0 Å². The molecule has 0 aliphatic rings. The molecule has 0 aliphatic carbocycles. The summed E-state index contributed by atoms with van der Waals surface area (Å²) in [6, 6.07) is 18.8. The normalized spacial score (nSPS) is 10.7. The van der Waals surface area contributed by atoms with Gasteiger partial charge in [-0.05, 0) is 53.1 Å². The topological polar surface area (TPSA) is 66.0 Å². The minimum Gasteiger partial charge on any atom is -0.478 e. The van der Waals surface area contributed by atoms with Gasteiger partial charge in [0.1, 0.15) is 5.82 Å². The fourth-order valence-electron chi connectivity index (χ4n) is 3.18. The van der Waals surface area contributed by atoms with Crippen LogP contribution in [0.3, 0.4) is 0 Å². The molecule has 0 saturated carbocycles. The monoisotopic (exact) mass is 358 g/mol. The molecule has 0 spiro atoms. The van der Waals surface area contributed by atoms with Crippen LogP contribution in [-0.4, -0.2) is 21.0 Å². The van der Waals surface area contributed by atoms with Crippen LogP contribution in [0.2, 0.25) is 0 Å². The SMILES string of the molecule is O=C(O)c1c(-c2ccccc2)[nH]c(-c2ccc(F)cc2)c1-c1ccncc1. The largest absolute Gasteiger partial charge is 0.478 e. The molecule has 2 aromatic carbocycles. The highest BCUT2D eigenvalue weighted by atomic mass is 19.1. The van der Waals surface area contributed by atoms with E-state index in [1.165, 1.54) is 12.1 Å². The van der Waals surface area contributed by atoms with E-state index in [1.54, 1.807) is 36.7 Å². The predicted octanol–water partition coefficient (Wildman–Crippen LogP) is 5.25. The molecule has 0 fully saturated rings. The van der Waals surface area contributed by atoms with Crippen molar-refractivity contribution in [3.05, 3.63) is 90.5 Å². The maximum atomic E-state index is 13.4. The quantitative estimate of drug-likeness (QED) is 0.524. The van der Waals surface area contributed by atoms with Crippen LogP contribution in [0.25, 0.3) is 33.6 Å². The Morgan fingerprint density at radius 2 is 1.44 bits per heavy atom. The maximum absolute atomic E-state index is 13.4. The van der Waals surface area contributed by atoms with E-state index in [1.807, 2.05) is 30.3 Å². The zero-order chi connectivity index (χ0) is 18.8. The van der Waals surface area contributed by atoms with Gasteiger partial charge in [-0.25, -0.2) is 9.18 Å². The molecule has 5 heteroatoms. The number of pyridine rings is 1. The molecule has 132 valence electrons. The van der Waals surface area contributed by atoms with E-state index in [-0.39, 0.29) is 11.4 Å². The number of hydrogen-bond acceptors (Lipinski definition) is 2. The summed E-state index contributed by atoms with van der Waals surface area (Å²) < 4.78 is 13.4. The van der Waals surface area contributed by atoms with Crippen molar-refractivity contribution in [1.82, 2.24) is 9.97 Å². The van der Waals surface area contributed by atoms with Crippen molar-refractivity contribution in [2.75, 3.05) is 0 Å². The number of aromatic nitrogens is 2. The lowest BCUT2D eigenvalue weighted by Gasteiger charge is -2.06. The maximum Gasteiger partial charge on any atom is 0.338 e. The average molecular weight is 358 g/mol. The second-order valence-corrected chi connectivity index (χ2v) is 6.04. The van der Waals surface area contributed by atoms with E-state index < -0.39 is 5.97 Å². The molecule has 4 nitrogen and oxygen atoms in total. The van der Waals surface area contributed by atoms with E-state index in [2.05, 4.69) is 9.97 Å². The molecule has 0 bridgehead atoms. The standard InChI is InChI=1S/C22H15FN2O2/c23-17-8-6-16(7-9-17)20-18(14-10-12-24-13-11-14)19(22(26)27)21(25-20)15-4-2-1-3-5-15/h1-13,25H,(H,26,27). The van der Waals surface area contributed by atoms with Gasteiger partial charge in [0.05, 0.1) is 17.0 Å². The summed E-state index contributed by atoms with van der Waals surface area (Å²) in [6.45, 7) is 0. The van der Waals surface area contributed by atoms with Gasteiger partial charge in [-0.15, -0.1) is 0 Å². The molecule has 4 rings (SSSR count). The molecule has 0 unspecified atom stereocenters. The number of carbonyl (C=O) groups is 1. The summed E-state index contributed by atoms with van der Waals surface area (Å²) >= 11 is 0. The predicted molar refractivity (Wildman–Crippen MR) is 102 cm³/mol. The summed E-state index contributed by atoms with van der Waals surface area (Å²) in [4.78, 5) is 19.5. The lowest BCUT2D eigenvalue weighted by molar-refractivity contribution is 0.0699. The molecule has 4 aromatic rings. The van der Waals surface area contributed by atoms with E-state index in [0.29, 0.717) is 22.5 Å². The molecular weight excluding hydrogens is 343 g/mol. The van der Waals surface area contributed by atoms with Crippen LogP contribution >= 0.6 is 0 Å². The number of hydrogen-bond donors (Lipinski definition) is 2. The Hall–Kier alpha value is -3.73. The number of rotatable bonds is 4. The van der Waals surface area contributed by atoms with Crippen molar-refractivity contribution >= 4 is 5.97 Å². The number of benzene rings is 2. The fraction of sp³-hybridized carbons (Fsp3) is 0. The number of H-pyrrole nitrogens is 1. The number of aromatic amines is 1. The Morgan fingerprint density at radius 3 is 2.07 bits per heavy atom. The molecule has 2 N–H and O–H groups in total. The molecule has 0 aliphatic heterocycles. The highest BCUT2D eigenvalue weighted by molar-refractivity contribution is 6.07. The van der Waals surface area contributed by atoms with E-state index in [4.69, 9.17) is 0 Å². The van der Waals surface area contributed by atoms with Crippen molar-refractivity contribution in [3.8, 4) is 33.6 Å². The van der Waals surface area contributed by atoms with Gasteiger partial charge < -0.3 is 10.1 Å². The number of nitrogens with one attached hydrogen (secondary N) is 1. The van der Waals surface area contributed by atoms with Crippen molar-refractivity contribution in [2.24, 2.45) is 0 Å². The van der Waals surface area contributed by atoms with Gasteiger partial charge >= 0.3 is 5.97 Å². The fourth-order valence-corrected chi connectivity index (χ4v) is 3.18. The van der Waals surface area contributed by atoms with Gasteiger partial charge in [0.25, 0.3) is 0 Å². The summed E-state index contributed by atoms with van der Waals surface area (Å²) in [7, 11) is 0. The van der Waals surface area contributed by atoms with Crippen molar-refractivity contribution in [3.63, 3.8) is 0 Å². The Kier molecular flexibility index (Phi) is 4.26. The molecule has 0 radical (unpaired) electrons. The third-order valence-electron chi connectivity index (χ3n) is 4.38. The summed E-state index contributed by atoms with van der Waals surface area (Å²) in [6.07, 6.45) is 3.23. The molecule has 2 heterocycles. The first-order chi connectivity index (χ1) is 13.1. The van der Waals surface area contributed by atoms with Gasteiger partial charge in [-0.1, -0.05) is 30.3 Å². The van der Waals surface area contributed by atoms with Gasteiger partial charge in [0.2, 0.25) is 0 Å². The van der Waals surface area contributed by atoms with Gasteiger partial charge in [-0.3, -0.25) is 4.98 Å². The number of halogens is 1. The second-order valence-electron chi connectivity index (χ2n) is 6.04. The van der Waals surface area contributed by atoms with E-state index in [9.17, 15) is 14.3 Å². The Labute approximate surface area is 155 Å². The molecule has 2 aromatic heterocycles. The lowest BCUT2D eigenvalue weighted by atomic mass is 9.96. The van der Waals surface area contributed by atoms with Crippen LogP contribution in [0.15, 0.2) is 79.1 Å². The molecule has 27 heavy (non-hydrogen) atoms. The summed E-state index contributed by atoms with van der Waals surface area (Å²) in [5, 5.41) is 9.98. The molecule has 0 amide bonds. The van der Waals surface area contributed by atoms with Crippen LogP contribution in [0.5, 0.6) is 0 Å². The third kappa shape index (κ3) is 3.11. The van der Waals surface area contributed by atoms with Gasteiger partial charge in [0.15, 0.2) is 0 Å². The highest BCUT2D eigenvalue weighted by Gasteiger charge is 2.25. The molecule has 0 atom stereocenters. The number of carboxylic acids is 1. The zero-order valence-electron chi connectivity index (χ0n) is 14.2. The lowest BCUT2D eigenvalue weighted by Crippen LogP contribution is -1.99. The first-order valence-electron chi connectivity index (χ1n) is 8.36. The van der Waals surface area contributed by atoms with Gasteiger partial charge in [-0.2, -0.15) is 0 Å². The van der Waals surface area contributed by atoms with Crippen molar-refractivity contribution in [2.45, 2.75) is 0 Å². The minimum absolute atomic E-state index is 0.173. The first kappa shape index (κ1) is 16.7. The van der Waals surface area contributed by atoms with Crippen LogP contribution < -0.4 is 0 Å². The van der Waals surface area contributed by atoms with Crippen molar-refractivity contribution < 1.29 is 14.3 Å². The second kappa shape index (κ2) is 6.88. The molecular formula is C22H15FN2O2. The third-order valence-corrected chi connectivity index (χ3v) is 4.38. The Morgan fingerprint density at radius 1 is 0.815 bits per heavy atom. The van der Waals surface area contributed by atoms with Gasteiger partial charge in [0, 0.05) is 18.0 Å².